The molecule has 0 bridgehead atoms. The number of ether oxygens (including phenoxy) is 1. The lowest BCUT2D eigenvalue weighted by Crippen LogP contribution is -2.45. The number of rotatable bonds is 4. The van der Waals surface area contributed by atoms with Crippen molar-refractivity contribution < 1.29 is 14.3 Å². The molecular formula is C31H36N2O3. The normalized spacial score (nSPS) is 17.6. The van der Waals surface area contributed by atoms with Gasteiger partial charge in [-0.1, -0.05) is 73.5 Å². The van der Waals surface area contributed by atoms with Crippen LogP contribution in [0.15, 0.2) is 84.9 Å². The lowest BCUT2D eigenvalue weighted by atomic mass is 10.0. The van der Waals surface area contributed by atoms with Crippen molar-refractivity contribution in [2.75, 3.05) is 26.2 Å². The van der Waals surface area contributed by atoms with E-state index in [9.17, 15) is 9.59 Å². The zero-order valence-electron chi connectivity index (χ0n) is 21.1. The fraction of sp³-hybridized carbons (Fsp3) is 0.355. The van der Waals surface area contributed by atoms with E-state index in [1.807, 2.05) is 89.5 Å². The molecule has 0 N–H and O–H groups in total. The first kappa shape index (κ1) is 25.5. The molecule has 0 saturated carbocycles. The molecule has 0 unspecified atom stereocenters. The van der Waals surface area contributed by atoms with Crippen LogP contribution in [0.2, 0.25) is 0 Å². The Labute approximate surface area is 214 Å². The van der Waals surface area contributed by atoms with Crippen LogP contribution < -0.4 is 4.74 Å². The van der Waals surface area contributed by atoms with Crippen LogP contribution >= 0.6 is 0 Å². The molecule has 1 heterocycles. The number of benzene rings is 3. The Morgan fingerprint density at radius 2 is 1.47 bits per heavy atom. The fourth-order valence-corrected chi connectivity index (χ4v) is 4.81. The Morgan fingerprint density at radius 3 is 2.19 bits per heavy atom. The van der Waals surface area contributed by atoms with Gasteiger partial charge in [-0.05, 0) is 56.0 Å². The van der Waals surface area contributed by atoms with E-state index in [1.54, 1.807) is 0 Å². The summed E-state index contributed by atoms with van der Waals surface area (Å²) in [4.78, 5) is 31.0. The number of carbonyl (C=O) groups is 2. The molecule has 5 nitrogen and oxygen atoms in total. The van der Waals surface area contributed by atoms with E-state index in [0.717, 1.165) is 37.8 Å². The Bertz CT molecular complexity index is 1120. The van der Waals surface area contributed by atoms with Crippen molar-refractivity contribution >= 4 is 11.8 Å². The molecule has 0 spiro atoms. The van der Waals surface area contributed by atoms with Crippen LogP contribution in [0.4, 0.5) is 0 Å². The summed E-state index contributed by atoms with van der Waals surface area (Å²) < 4.78 is 6.36. The van der Waals surface area contributed by atoms with Crippen LogP contribution in [0.1, 0.15) is 58.9 Å². The maximum atomic E-state index is 13.7. The molecule has 0 aliphatic carbocycles. The number of fused-ring (bicyclic) bond motifs is 1. The van der Waals surface area contributed by atoms with E-state index in [4.69, 9.17) is 4.74 Å². The molecule has 188 valence electrons. The number of amides is 2. The molecular weight excluding hydrogens is 448 g/mol. The molecule has 0 aromatic heterocycles. The van der Waals surface area contributed by atoms with Crippen molar-refractivity contribution in [2.45, 2.75) is 45.1 Å². The molecule has 3 aromatic rings. The van der Waals surface area contributed by atoms with Crippen molar-refractivity contribution in [3.05, 3.63) is 102 Å². The smallest absolute Gasteiger partial charge is 0.257 e. The highest BCUT2D eigenvalue weighted by Gasteiger charge is 2.27. The van der Waals surface area contributed by atoms with Crippen molar-refractivity contribution in [1.29, 1.82) is 0 Å². The molecule has 3 aromatic carbocycles. The van der Waals surface area contributed by atoms with Crippen LogP contribution in [-0.2, 0) is 6.42 Å². The molecule has 1 atom stereocenters. The first-order valence-electron chi connectivity index (χ1n) is 13.1. The van der Waals surface area contributed by atoms with E-state index in [0.29, 0.717) is 43.0 Å². The summed E-state index contributed by atoms with van der Waals surface area (Å²) in [6.45, 7) is 4.40. The molecule has 1 aliphatic heterocycles. The second-order valence-electron chi connectivity index (χ2n) is 9.31. The van der Waals surface area contributed by atoms with Gasteiger partial charge >= 0.3 is 0 Å². The van der Waals surface area contributed by atoms with Gasteiger partial charge in [0.25, 0.3) is 11.8 Å². The summed E-state index contributed by atoms with van der Waals surface area (Å²) in [6, 6.07) is 27.0. The quantitative estimate of drug-likeness (QED) is 0.466. The number of nitrogens with zero attached hydrogens (tertiary/aromatic N) is 2. The standard InChI is InChI=1S/C31H36N2O3/c1-2-32-21-13-3-4-14-22-33(30(34)26-17-9-6-10-18-26)27(23-25-15-7-5-8-16-25)24-36-29-20-12-11-19-28(29)31(32)35/h5-12,15-20,27H,2-4,13-14,21-24H2,1H3/t27-/m0/s1. The Morgan fingerprint density at radius 1 is 0.833 bits per heavy atom. The largest absolute Gasteiger partial charge is 0.491 e. The topological polar surface area (TPSA) is 49.9 Å². The van der Waals surface area contributed by atoms with Crippen LogP contribution in [0.25, 0.3) is 0 Å². The van der Waals surface area contributed by atoms with E-state index in [-0.39, 0.29) is 17.9 Å². The number of hydrogen-bond donors (Lipinski definition) is 0. The summed E-state index contributed by atoms with van der Waals surface area (Å²) in [5, 5.41) is 0. The lowest BCUT2D eigenvalue weighted by Gasteiger charge is -2.33. The lowest BCUT2D eigenvalue weighted by molar-refractivity contribution is 0.0597. The Balaban J connectivity index is 1.68. The van der Waals surface area contributed by atoms with Crippen molar-refractivity contribution in [2.24, 2.45) is 0 Å². The van der Waals surface area contributed by atoms with E-state index in [2.05, 4.69) is 12.1 Å². The molecule has 0 saturated heterocycles. The average Bonchev–Trinajstić information content (AvgIpc) is 2.93. The van der Waals surface area contributed by atoms with Crippen LogP contribution in [0.3, 0.4) is 0 Å². The molecule has 2 amide bonds. The summed E-state index contributed by atoms with van der Waals surface area (Å²) in [5.74, 6) is 0.596. The number of carbonyl (C=O) groups excluding carboxylic acids is 2. The van der Waals surface area contributed by atoms with E-state index < -0.39 is 0 Å². The van der Waals surface area contributed by atoms with Gasteiger partial charge in [-0.15, -0.1) is 0 Å². The SMILES string of the molecule is CCN1CCCCCCN(C(=O)c2ccccc2)[C@@H](Cc2ccccc2)COc2ccccc2C1=O. The second kappa shape index (κ2) is 12.9. The first-order chi connectivity index (χ1) is 17.7. The predicted molar refractivity (Wildman–Crippen MR) is 143 cm³/mol. The van der Waals surface area contributed by atoms with Crippen LogP contribution in [-0.4, -0.2) is 53.9 Å². The fourth-order valence-electron chi connectivity index (χ4n) is 4.81. The van der Waals surface area contributed by atoms with Crippen molar-refractivity contribution in [1.82, 2.24) is 9.80 Å². The Hall–Kier alpha value is -3.60. The Kier molecular flexibility index (Phi) is 9.15. The average molecular weight is 485 g/mol. The van der Waals surface area contributed by atoms with Crippen LogP contribution in [0.5, 0.6) is 5.75 Å². The highest BCUT2D eigenvalue weighted by atomic mass is 16.5. The highest BCUT2D eigenvalue weighted by molar-refractivity contribution is 5.97. The minimum Gasteiger partial charge on any atom is -0.491 e. The maximum absolute atomic E-state index is 13.7. The molecule has 36 heavy (non-hydrogen) atoms. The highest BCUT2D eigenvalue weighted by Crippen LogP contribution is 2.23. The third-order valence-electron chi connectivity index (χ3n) is 6.83. The second-order valence-corrected chi connectivity index (χ2v) is 9.31. The monoisotopic (exact) mass is 484 g/mol. The zero-order chi connectivity index (χ0) is 25.2. The molecule has 1 aliphatic rings. The summed E-state index contributed by atoms with van der Waals surface area (Å²) >= 11 is 0. The summed E-state index contributed by atoms with van der Waals surface area (Å²) in [5.41, 5.74) is 2.42. The third kappa shape index (κ3) is 6.54. The zero-order valence-corrected chi connectivity index (χ0v) is 21.1. The maximum Gasteiger partial charge on any atom is 0.257 e. The summed E-state index contributed by atoms with van der Waals surface area (Å²) in [6.07, 6.45) is 4.58. The van der Waals surface area contributed by atoms with Gasteiger partial charge in [-0.2, -0.15) is 0 Å². The minimum atomic E-state index is -0.173. The van der Waals surface area contributed by atoms with Gasteiger partial charge in [0.05, 0.1) is 11.6 Å². The van der Waals surface area contributed by atoms with Gasteiger partial charge in [0.2, 0.25) is 0 Å². The van der Waals surface area contributed by atoms with Gasteiger partial charge in [0.15, 0.2) is 0 Å². The van der Waals surface area contributed by atoms with Gasteiger partial charge in [0, 0.05) is 25.2 Å². The van der Waals surface area contributed by atoms with Gasteiger partial charge in [-0.3, -0.25) is 9.59 Å². The van der Waals surface area contributed by atoms with Gasteiger partial charge in [-0.25, -0.2) is 0 Å². The van der Waals surface area contributed by atoms with Crippen molar-refractivity contribution in [3.63, 3.8) is 0 Å². The molecule has 0 fully saturated rings. The molecule has 4 rings (SSSR count). The number of para-hydroxylation sites is 1. The molecule has 0 radical (unpaired) electrons. The third-order valence-corrected chi connectivity index (χ3v) is 6.83. The van der Waals surface area contributed by atoms with Gasteiger partial charge in [0.1, 0.15) is 12.4 Å². The van der Waals surface area contributed by atoms with Gasteiger partial charge < -0.3 is 14.5 Å². The van der Waals surface area contributed by atoms with Crippen molar-refractivity contribution in [3.8, 4) is 5.75 Å². The minimum absolute atomic E-state index is 0.00184. The van der Waals surface area contributed by atoms with Crippen LogP contribution in [0, 0.1) is 0 Å². The number of hydrogen-bond acceptors (Lipinski definition) is 3. The predicted octanol–water partition coefficient (Wildman–Crippen LogP) is 5.86. The van der Waals surface area contributed by atoms with E-state index in [1.165, 1.54) is 0 Å². The first-order valence-corrected chi connectivity index (χ1v) is 13.1. The molecule has 5 heteroatoms. The van der Waals surface area contributed by atoms with E-state index >= 15 is 0 Å². The summed E-state index contributed by atoms with van der Waals surface area (Å²) in [7, 11) is 0.